The van der Waals surface area contributed by atoms with Crippen molar-refractivity contribution in [2.45, 2.75) is 20.0 Å². The van der Waals surface area contributed by atoms with Crippen LogP contribution in [0.15, 0.2) is 0 Å². The molecule has 0 saturated carbocycles. The molecule has 4 nitrogen and oxygen atoms in total. The molecule has 0 aliphatic carbocycles. The van der Waals surface area contributed by atoms with Gasteiger partial charge in [-0.15, -0.1) is 0 Å². The second-order valence-corrected chi connectivity index (χ2v) is 2.19. The summed E-state index contributed by atoms with van der Waals surface area (Å²) in [5.41, 5.74) is 0. The van der Waals surface area contributed by atoms with Gasteiger partial charge in [0.1, 0.15) is 12.6 Å². The summed E-state index contributed by atoms with van der Waals surface area (Å²) in [5, 5.41) is 17.1. The molecule has 0 radical (unpaired) electrons. The topological polar surface area (TPSA) is 64.3 Å². The van der Waals surface area contributed by atoms with E-state index in [1.54, 1.807) is 6.92 Å². The fourth-order valence-corrected chi connectivity index (χ4v) is 0.695. The van der Waals surface area contributed by atoms with Crippen molar-refractivity contribution >= 4 is 5.91 Å². The Balaban J connectivity index is 4.05. The number of nitriles is 1. The Morgan fingerprint density at radius 3 is 2.64 bits per heavy atom. The summed E-state index contributed by atoms with van der Waals surface area (Å²) in [6.07, 6.45) is -1.01. The average Bonchev–Trinajstić information content (AvgIpc) is 1.98. The van der Waals surface area contributed by atoms with Crippen LogP contribution in [-0.2, 0) is 4.79 Å². The first-order valence-electron chi connectivity index (χ1n) is 3.47. The summed E-state index contributed by atoms with van der Waals surface area (Å²) in [6.45, 7) is 3.65. The van der Waals surface area contributed by atoms with Crippen LogP contribution >= 0.6 is 0 Å². The molecule has 1 N–H and O–H groups in total. The normalized spacial score (nSPS) is 11.8. The van der Waals surface area contributed by atoms with E-state index < -0.39 is 12.0 Å². The smallest absolute Gasteiger partial charge is 0.251 e. The van der Waals surface area contributed by atoms with Crippen LogP contribution < -0.4 is 0 Å². The Morgan fingerprint density at radius 1 is 1.82 bits per heavy atom. The first-order chi connectivity index (χ1) is 5.13. The minimum Gasteiger partial charge on any atom is -0.384 e. The van der Waals surface area contributed by atoms with E-state index in [2.05, 4.69) is 0 Å². The molecule has 4 heteroatoms. The van der Waals surface area contributed by atoms with Crippen molar-refractivity contribution in [1.82, 2.24) is 4.90 Å². The second kappa shape index (κ2) is 4.69. The van der Waals surface area contributed by atoms with Crippen molar-refractivity contribution in [3.05, 3.63) is 0 Å². The number of amides is 1. The van der Waals surface area contributed by atoms with E-state index in [4.69, 9.17) is 10.4 Å². The molecule has 62 valence electrons. The van der Waals surface area contributed by atoms with Gasteiger partial charge in [-0.2, -0.15) is 5.26 Å². The summed E-state index contributed by atoms with van der Waals surface area (Å²) < 4.78 is 0. The Labute approximate surface area is 66.0 Å². The number of nitrogens with zero attached hydrogens (tertiary/aromatic N) is 2. The van der Waals surface area contributed by atoms with E-state index in [1.165, 1.54) is 11.8 Å². The van der Waals surface area contributed by atoms with Gasteiger partial charge in [0.15, 0.2) is 0 Å². The van der Waals surface area contributed by atoms with E-state index >= 15 is 0 Å². The number of carbonyl (C=O) groups is 1. The van der Waals surface area contributed by atoms with Gasteiger partial charge < -0.3 is 10.0 Å². The molecule has 0 spiro atoms. The SMILES string of the molecule is CCN(CC#N)C(=O)[C@@H](C)O. The monoisotopic (exact) mass is 156 g/mol. The van der Waals surface area contributed by atoms with Crippen LogP contribution in [0.3, 0.4) is 0 Å². The number of hydrogen-bond donors (Lipinski definition) is 1. The molecule has 0 aliphatic heterocycles. The van der Waals surface area contributed by atoms with Gasteiger partial charge >= 0.3 is 0 Å². The van der Waals surface area contributed by atoms with E-state index in [0.717, 1.165) is 0 Å². The molecule has 0 aliphatic rings. The number of rotatable bonds is 3. The van der Waals surface area contributed by atoms with E-state index in [1.807, 2.05) is 6.07 Å². The summed E-state index contributed by atoms with van der Waals surface area (Å²) in [4.78, 5) is 12.3. The summed E-state index contributed by atoms with van der Waals surface area (Å²) in [5.74, 6) is -0.394. The highest BCUT2D eigenvalue weighted by atomic mass is 16.3. The third-order valence-corrected chi connectivity index (χ3v) is 1.31. The lowest BCUT2D eigenvalue weighted by Crippen LogP contribution is -2.37. The highest BCUT2D eigenvalue weighted by Crippen LogP contribution is 1.92. The molecule has 0 aromatic carbocycles. The van der Waals surface area contributed by atoms with Crippen molar-refractivity contribution in [1.29, 1.82) is 5.26 Å². The molecule has 11 heavy (non-hydrogen) atoms. The molecule has 0 rings (SSSR count). The fourth-order valence-electron chi connectivity index (χ4n) is 0.695. The summed E-state index contributed by atoms with van der Waals surface area (Å²) in [6, 6.07) is 1.85. The molecule has 0 heterocycles. The maximum Gasteiger partial charge on any atom is 0.251 e. The van der Waals surface area contributed by atoms with Crippen LogP contribution in [-0.4, -0.2) is 35.1 Å². The zero-order valence-corrected chi connectivity index (χ0v) is 6.74. The first-order valence-corrected chi connectivity index (χ1v) is 3.47. The molecule has 0 fully saturated rings. The molecule has 0 bridgehead atoms. The van der Waals surface area contributed by atoms with Gasteiger partial charge in [-0.25, -0.2) is 0 Å². The van der Waals surface area contributed by atoms with Gasteiger partial charge in [-0.1, -0.05) is 0 Å². The molecule has 0 aromatic heterocycles. The predicted octanol–water partition coefficient (Wildman–Crippen LogP) is -0.261. The lowest BCUT2D eigenvalue weighted by atomic mass is 10.3. The second-order valence-electron chi connectivity index (χ2n) is 2.19. The van der Waals surface area contributed by atoms with Gasteiger partial charge in [0, 0.05) is 6.54 Å². The third-order valence-electron chi connectivity index (χ3n) is 1.31. The fraction of sp³-hybridized carbons (Fsp3) is 0.714. The van der Waals surface area contributed by atoms with Gasteiger partial charge in [0.25, 0.3) is 5.91 Å². The van der Waals surface area contributed by atoms with Crippen molar-refractivity contribution in [2.75, 3.05) is 13.1 Å². The maximum absolute atomic E-state index is 11.0. The summed E-state index contributed by atoms with van der Waals surface area (Å²) >= 11 is 0. The molecule has 1 amide bonds. The zero-order chi connectivity index (χ0) is 8.85. The largest absolute Gasteiger partial charge is 0.384 e. The van der Waals surface area contributed by atoms with Crippen LogP contribution in [0.25, 0.3) is 0 Å². The van der Waals surface area contributed by atoms with Crippen LogP contribution in [0.2, 0.25) is 0 Å². The Kier molecular flexibility index (Phi) is 4.23. The Bertz CT molecular complexity index is 172. The maximum atomic E-state index is 11.0. The quantitative estimate of drug-likeness (QED) is 0.572. The van der Waals surface area contributed by atoms with Crippen molar-refractivity contribution in [3.63, 3.8) is 0 Å². The number of aliphatic hydroxyl groups is 1. The van der Waals surface area contributed by atoms with Crippen LogP contribution in [0.4, 0.5) is 0 Å². The lowest BCUT2D eigenvalue weighted by Gasteiger charge is -2.18. The predicted molar refractivity (Wildman–Crippen MR) is 39.5 cm³/mol. The first kappa shape index (κ1) is 9.92. The molecular formula is C7H12N2O2. The van der Waals surface area contributed by atoms with Crippen molar-refractivity contribution < 1.29 is 9.90 Å². The number of hydrogen-bond acceptors (Lipinski definition) is 3. The zero-order valence-electron chi connectivity index (χ0n) is 6.74. The van der Waals surface area contributed by atoms with Crippen molar-refractivity contribution in [2.24, 2.45) is 0 Å². The number of carbonyl (C=O) groups excluding carboxylic acids is 1. The molecule has 0 saturated heterocycles. The Morgan fingerprint density at radius 2 is 2.36 bits per heavy atom. The molecule has 0 aromatic rings. The lowest BCUT2D eigenvalue weighted by molar-refractivity contribution is -0.138. The summed E-state index contributed by atoms with van der Waals surface area (Å²) in [7, 11) is 0. The van der Waals surface area contributed by atoms with Crippen LogP contribution in [0, 0.1) is 11.3 Å². The van der Waals surface area contributed by atoms with E-state index in [0.29, 0.717) is 6.54 Å². The minimum atomic E-state index is -1.01. The number of likely N-dealkylation sites (N-methyl/N-ethyl adjacent to an activating group) is 1. The number of aliphatic hydroxyl groups excluding tert-OH is 1. The molecular weight excluding hydrogens is 144 g/mol. The van der Waals surface area contributed by atoms with Gasteiger partial charge in [0.2, 0.25) is 0 Å². The van der Waals surface area contributed by atoms with Crippen molar-refractivity contribution in [3.8, 4) is 6.07 Å². The van der Waals surface area contributed by atoms with Crippen LogP contribution in [0.5, 0.6) is 0 Å². The third kappa shape index (κ3) is 3.01. The Hall–Kier alpha value is -1.08. The average molecular weight is 156 g/mol. The highest BCUT2D eigenvalue weighted by Gasteiger charge is 2.15. The standard InChI is InChI=1S/C7H12N2O2/c1-3-9(5-4-8)7(11)6(2)10/h6,10H,3,5H2,1-2H3/t6-/m1/s1. The minimum absolute atomic E-state index is 0.0419. The van der Waals surface area contributed by atoms with E-state index in [9.17, 15) is 4.79 Å². The van der Waals surface area contributed by atoms with Gasteiger partial charge in [0.05, 0.1) is 6.07 Å². The van der Waals surface area contributed by atoms with Gasteiger partial charge in [-0.3, -0.25) is 4.79 Å². The van der Waals surface area contributed by atoms with Gasteiger partial charge in [-0.05, 0) is 13.8 Å². The molecule has 1 atom stereocenters. The molecule has 0 unspecified atom stereocenters. The van der Waals surface area contributed by atoms with Crippen LogP contribution in [0.1, 0.15) is 13.8 Å². The highest BCUT2D eigenvalue weighted by molar-refractivity contribution is 5.80. The van der Waals surface area contributed by atoms with E-state index in [-0.39, 0.29) is 6.54 Å².